The molecule has 0 aromatic heterocycles. The zero-order chi connectivity index (χ0) is 7.94. The second-order valence-electron chi connectivity index (χ2n) is 2.21. The van der Waals surface area contributed by atoms with Crippen LogP contribution in [0.15, 0.2) is 42.5 Å². The molecule has 0 bridgehead atoms. The maximum atomic E-state index is 5.17. The molecule has 0 aliphatic carbocycles. The summed E-state index contributed by atoms with van der Waals surface area (Å²) in [6, 6.07) is 11.0. The van der Waals surface area contributed by atoms with E-state index in [1.165, 1.54) is 11.6 Å². The molecule has 0 saturated heterocycles. The van der Waals surface area contributed by atoms with E-state index in [0.29, 0.717) is 0 Å². The fourth-order valence-corrected chi connectivity index (χ4v) is 0.831. The molecule has 0 fully saturated rings. The lowest BCUT2D eigenvalue weighted by atomic mass is 10.1. The Morgan fingerprint density at radius 1 is 1.45 bits per heavy atom. The maximum Gasteiger partial charge on any atom is -0.00882 e. The summed E-state index contributed by atoms with van der Waals surface area (Å²) in [4.78, 5) is 0. The average Bonchev–Trinajstić information content (AvgIpc) is 2.07. The van der Waals surface area contributed by atoms with E-state index in [1.807, 2.05) is 36.4 Å². The van der Waals surface area contributed by atoms with Crippen LogP contribution in [-0.4, -0.2) is 0 Å². The van der Waals surface area contributed by atoms with Gasteiger partial charge in [-0.3, -0.25) is 0 Å². The standard InChI is InChI=1S/C11H10/c1-2-3-5-8-11-9-6-4-7-10-11/h1-7,9H,8H2. The van der Waals surface area contributed by atoms with Crippen molar-refractivity contribution in [3.63, 3.8) is 0 Å². The zero-order valence-corrected chi connectivity index (χ0v) is 6.33. The highest BCUT2D eigenvalue weighted by molar-refractivity contribution is 5.16. The quantitative estimate of drug-likeness (QED) is 0.569. The first-order valence-corrected chi connectivity index (χ1v) is 3.59. The third kappa shape index (κ3) is 2.85. The van der Waals surface area contributed by atoms with E-state index in [-0.39, 0.29) is 0 Å². The Morgan fingerprint density at radius 2 is 2.36 bits per heavy atom. The van der Waals surface area contributed by atoms with Gasteiger partial charge < -0.3 is 0 Å². The lowest BCUT2D eigenvalue weighted by Gasteiger charge is -1.91. The highest BCUT2D eigenvalue weighted by atomic mass is 13.9. The van der Waals surface area contributed by atoms with Crippen LogP contribution >= 0.6 is 0 Å². The van der Waals surface area contributed by atoms with Gasteiger partial charge >= 0.3 is 0 Å². The van der Waals surface area contributed by atoms with Gasteiger partial charge in [-0.25, -0.2) is 0 Å². The number of hydrogen-bond donors (Lipinski definition) is 0. The zero-order valence-electron chi connectivity index (χ0n) is 6.33. The Balaban J connectivity index is 2.51. The van der Waals surface area contributed by atoms with E-state index in [2.05, 4.69) is 6.07 Å². The second kappa shape index (κ2) is 4.51. The monoisotopic (exact) mass is 142 g/mol. The molecule has 54 valence electrons. The predicted molar refractivity (Wildman–Crippen MR) is 47.0 cm³/mol. The molecule has 0 saturated carbocycles. The minimum Gasteiger partial charge on any atom is -0.0801 e. The van der Waals surface area contributed by atoms with Crippen LogP contribution in [0, 0.1) is 12.6 Å². The van der Waals surface area contributed by atoms with Crippen LogP contribution in [0.25, 0.3) is 0 Å². The third-order valence-electron chi connectivity index (χ3n) is 1.36. The number of rotatable bonds is 3. The highest BCUT2D eigenvalue weighted by Gasteiger charge is 1.84. The molecule has 11 heavy (non-hydrogen) atoms. The van der Waals surface area contributed by atoms with Crippen molar-refractivity contribution in [3.8, 4) is 0 Å². The van der Waals surface area contributed by atoms with Gasteiger partial charge in [0.25, 0.3) is 0 Å². The van der Waals surface area contributed by atoms with E-state index in [0.717, 1.165) is 6.42 Å². The van der Waals surface area contributed by atoms with Crippen molar-refractivity contribution < 1.29 is 0 Å². The molecule has 0 heterocycles. The highest BCUT2D eigenvalue weighted by Crippen LogP contribution is 1.98. The van der Waals surface area contributed by atoms with Crippen LogP contribution in [0.3, 0.4) is 0 Å². The van der Waals surface area contributed by atoms with Crippen molar-refractivity contribution in [2.45, 2.75) is 6.42 Å². The van der Waals surface area contributed by atoms with Crippen molar-refractivity contribution in [1.82, 2.24) is 0 Å². The first kappa shape index (κ1) is 7.80. The molecule has 0 nitrogen and oxygen atoms in total. The second-order valence-corrected chi connectivity index (χ2v) is 2.21. The summed E-state index contributed by atoms with van der Waals surface area (Å²) in [7, 11) is 0. The van der Waals surface area contributed by atoms with Crippen LogP contribution < -0.4 is 0 Å². The minimum absolute atomic E-state index is 0.897. The summed E-state index contributed by atoms with van der Waals surface area (Å²) in [5, 5.41) is 0. The molecule has 1 aromatic carbocycles. The summed E-state index contributed by atoms with van der Waals surface area (Å²) in [5.41, 5.74) is 1.19. The molecule has 0 spiro atoms. The van der Waals surface area contributed by atoms with Gasteiger partial charge in [0.05, 0.1) is 0 Å². The van der Waals surface area contributed by atoms with Gasteiger partial charge in [-0.05, 0) is 18.1 Å². The van der Waals surface area contributed by atoms with Crippen LogP contribution in [0.1, 0.15) is 5.56 Å². The molecule has 1 rings (SSSR count). The first-order chi connectivity index (χ1) is 5.43. The van der Waals surface area contributed by atoms with E-state index in [1.54, 1.807) is 0 Å². The van der Waals surface area contributed by atoms with Crippen LogP contribution in [0.2, 0.25) is 0 Å². The van der Waals surface area contributed by atoms with E-state index in [9.17, 15) is 0 Å². The minimum atomic E-state index is 0.897. The Kier molecular flexibility index (Phi) is 3.20. The van der Waals surface area contributed by atoms with Crippen LogP contribution in [0.5, 0.6) is 0 Å². The van der Waals surface area contributed by atoms with Crippen LogP contribution in [-0.2, 0) is 6.42 Å². The number of allylic oxidation sites excluding steroid dienone is 3. The van der Waals surface area contributed by atoms with Gasteiger partial charge in [-0.15, -0.1) is 0 Å². The van der Waals surface area contributed by atoms with Gasteiger partial charge in [0.15, 0.2) is 0 Å². The molecule has 0 aliphatic heterocycles. The lowest BCUT2D eigenvalue weighted by Crippen LogP contribution is -1.77. The van der Waals surface area contributed by atoms with Gasteiger partial charge in [-0.2, -0.15) is 0 Å². The lowest BCUT2D eigenvalue weighted by molar-refractivity contribution is 1.26. The van der Waals surface area contributed by atoms with Crippen LogP contribution in [0.4, 0.5) is 0 Å². The molecule has 2 radical (unpaired) electrons. The van der Waals surface area contributed by atoms with E-state index < -0.39 is 0 Å². The third-order valence-corrected chi connectivity index (χ3v) is 1.36. The largest absolute Gasteiger partial charge is 0.0801 e. The molecular weight excluding hydrogens is 132 g/mol. The Hall–Kier alpha value is -1.30. The summed E-state index contributed by atoms with van der Waals surface area (Å²) < 4.78 is 0. The fourth-order valence-electron chi connectivity index (χ4n) is 0.831. The fraction of sp³-hybridized carbons (Fsp3) is 0.0909. The van der Waals surface area contributed by atoms with Crippen molar-refractivity contribution in [3.05, 3.63) is 60.7 Å². The van der Waals surface area contributed by atoms with Crippen molar-refractivity contribution >= 4 is 0 Å². The first-order valence-electron chi connectivity index (χ1n) is 3.59. The van der Waals surface area contributed by atoms with Gasteiger partial charge in [0.2, 0.25) is 0 Å². The topological polar surface area (TPSA) is 0 Å². The normalized spacial score (nSPS) is 10.2. The molecular formula is C11H10. The van der Waals surface area contributed by atoms with E-state index >= 15 is 0 Å². The molecule has 0 unspecified atom stereocenters. The molecule has 0 amide bonds. The summed E-state index contributed by atoms with van der Waals surface area (Å²) in [6.07, 6.45) is 6.27. The summed E-state index contributed by atoms with van der Waals surface area (Å²) in [5.74, 6) is 0. The smallest absolute Gasteiger partial charge is 0.00882 e. The maximum absolute atomic E-state index is 5.17. The number of benzene rings is 1. The molecule has 0 aliphatic rings. The molecule has 1 aromatic rings. The predicted octanol–water partition coefficient (Wildman–Crippen LogP) is 2.57. The SMILES string of the molecule is [CH]=CC=CCc1[c]cccc1. The van der Waals surface area contributed by atoms with Crippen molar-refractivity contribution in [2.24, 2.45) is 0 Å². The van der Waals surface area contributed by atoms with E-state index in [4.69, 9.17) is 6.58 Å². The summed E-state index contributed by atoms with van der Waals surface area (Å²) in [6.45, 7) is 5.17. The summed E-state index contributed by atoms with van der Waals surface area (Å²) >= 11 is 0. The van der Waals surface area contributed by atoms with Gasteiger partial charge in [-0.1, -0.05) is 49.1 Å². The molecule has 0 atom stereocenters. The number of hydrogen-bond acceptors (Lipinski definition) is 0. The van der Waals surface area contributed by atoms with Gasteiger partial charge in [0.1, 0.15) is 0 Å². The Bertz CT molecular complexity index is 231. The van der Waals surface area contributed by atoms with Gasteiger partial charge in [0, 0.05) is 0 Å². The Morgan fingerprint density at radius 3 is 3.00 bits per heavy atom. The van der Waals surface area contributed by atoms with Crippen molar-refractivity contribution in [2.75, 3.05) is 0 Å². The van der Waals surface area contributed by atoms with Crippen molar-refractivity contribution in [1.29, 1.82) is 0 Å². The molecule has 0 heteroatoms. The average molecular weight is 142 g/mol. The molecule has 0 N–H and O–H groups in total. The Labute approximate surface area is 67.9 Å².